The molecular formula is C24H29FN2OS. The number of nitrogens with one attached hydrogen (secondary N) is 1. The molecule has 5 heteroatoms. The fourth-order valence-electron chi connectivity index (χ4n) is 6.69. The van der Waals surface area contributed by atoms with E-state index in [0.29, 0.717) is 11.8 Å². The minimum atomic E-state index is -0.260. The number of aromatic nitrogens is 1. The highest BCUT2D eigenvalue weighted by molar-refractivity contribution is 7.12. The quantitative estimate of drug-likeness (QED) is 0.678. The Bertz CT molecular complexity index is 869. The maximum absolute atomic E-state index is 13.2. The lowest BCUT2D eigenvalue weighted by Gasteiger charge is -2.57. The zero-order valence-electron chi connectivity index (χ0n) is 17.0. The number of hydrogen-bond acceptors (Lipinski definition) is 3. The van der Waals surface area contributed by atoms with Crippen LogP contribution in [0.3, 0.4) is 0 Å². The van der Waals surface area contributed by atoms with Gasteiger partial charge in [0.25, 0.3) is 0 Å². The van der Waals surface area contributed by atoms with Gasteiger partial charge in [0.05, 0.1) is 17.1 Å². The smallest absolute Gasteiger partial charge is 0.225 e. The molecule has 4 aliphatic carbocycles. The average molecular weight is 413 g/mol. The molecule has 1 heterocycles. The predicted octanol–water partition coefficient (Wildman–Crippen LogP) is 5.52. The maximum Gasteiger partial charge on any atom is 0.225 e. The Kier molecular flexibility index (Phi) is 4.97. The monoisotopic (exact) mass is 412 g/mol. The summed E-state index contributed by atoms with van der Waals surface area (Å²) >= 11 is 1.56. The number of nitrogens with zero attached hydrogens (tertiary/aromatic N) is 1. The third-order valence-corrected chi connectivity index (χ3v) is 8.36. The minimum absolute atomic E-state index is 0.0711. The fraction of sp³-hybridized carbons (Fsp3) is 0.583. The van der Waals surface area contributed by atoms with Crippen LogP contribution >= 0.6 is 11.3 Å². The van der Waals surface area contributed by atoms with Gasteiger partial charge in [-0.05, 0) is 99.3 Å². The van der Waals surface area contributed by atoms with Crippen molar-refractivity contribution in [2.24, 2.45) is 23.2 Å². The van der Waals surface area contributed by atoms with Crippen LogP contribution in [-0.4, -0.2) is 17.4 Å². The topological polar surface area (TPSA) is 42.0 Å². The van der Waals surface area contributed by atoms with Crippen LogP contribution in [-0.2, 0) is 11.2 Å². The van der Waals surface area contributed by atoms with Gasteiger partial charge >= 0.3 is 0 Å². The number of carbonyl (C=O) groups excluding carboxylic acids is 1. The molecule has 1 amide bonds. The van der Waals surface area contributed by atoms with Crippen molar-refractivity contribution >= 4 is 17.2 Å². The van der Waals surface area contributed by atoms with E-state index in [1.165, 1.54) is 50.7 Å². The number of hydrogen-bond donors (Lipinski definition) is 1. The van der Waals surface area contributed by atoms with Crippen LogP contribution in [0, 0.1) is 35.9 Å². The second kappa shape index (κ2) is 7.50. The summed E-state index contributed by atoms with van der Waals surface area (Å²) in [4.78, 5) is 18.2. The van der Waals surface area contributed by atoms with Gasteiger partial charge in [0.1, 0.15) is 5.82 Å². The minimum Gasteiger partial charge on any atom is -0.356 e. The van der Waals surface area contributed by atoms with E-state index in [4.69, 9.17) is 0 Å². The van der Waals surface area contributed by atoms with E-state index in [0.717, 1.165) is 51.9 Å². The van der Waals surface area contributed by atoms with Crippen molar-refractivity contribution in [1.82, 2.24) is 10.3 Å². The van der Waals surface area contributed by atoms with Gasteiger partial charge in [-0.2, -0.15) is 0 Å². The van der Waals surface area contributed by atoms with Gasteiger partial charge in [-0.1, -0.05) is 0 Å². The van der Waals surface area contributed by atoms with E-state index < -0.39 is 0 Å². The molecule has 0 atom stereocenters. The lowest BCUT2D eigenvalue weighted by atomic mass is 9.49. The number of benzene rings is 1. The second-order valence-corrected chi connectivity index (χ2v) is 11.0. The van der Waals surface area contributed by atoms with Gasteiger partial charge in [0.15, 0.2) is 0 Å². The molecule has 1 N–H and O–H groups in total. The third kappa shape index (κ3) is 3.98. The first-order valence-corrected chi connectivity index (χ1v) is 11.8. The number of amides is 1. The summed E-state index contributed by atoms with van der Waals surface area (Å²) in [5.74, 6) is 2.67. The van der Waals surface area contributed by atoms with Crippen LogP contribution < -0.4 is 5.32 Å². The van der Waals surface area contributed by atoms with Gasteiger partial charge in [0.2, 0.25) is 5.91 Å². The Balaban J connectivity index is 1.19. The lowest BCUT2D eigenvalue weighted by Crippen LogP contribution is -2.47. The first-order valence-electron chi connectivity index (χ1n) is 11.0. The van der Waals surface area contributed by atoms with Gasteiger partial charge in [0, 0.05) is 17.0 Å². The number of halogens is 1. The molecular weight excluding hydrogens is 383 g/mol. The first-order chi connectivity index (χ1) is 14.0. The van der Waals surface area contributed by atoms with Gasteiger partial charge in [-0.3, -0.25) is 4.79 Å². The van der Waals surface area contributed by atoms with Gasteiger partial charge in [-0.15, -0.1) is 11.3 Å². The van der Waals surface area contributed by atoms with Crippen molar-refractivity contribution in [1.29, 1.82) is 0 Å². The van der Waals surface area contributed by atoms with Crippen molar-refractivity contribution in [3.05, 3.63) is 40.0 Å². The van der Waals surface area contributed by atoms with Crippen molar-refractivity contribution in [2.45, 2.75) is 58.3 Å². The molecule has 0 unspecified atom stereocenters. The lowest BCUT2D eigenvalue weighted by molar-refractivity contribution is -0.120. The number of rotatable bonds is 6. The van der Waals surface area contributed by atoms with E-state index in [9.17, 15) is 9.18 Å². The van der Waals surface area contributed by atoms with Crippen LogP contribution in [0.1, 0.15) is 54.8 Å². The molecule has 1 aromatic heterocycles. The first kappa shape index (κ1) is 19.2. The molecule has 154 valence electrons. The summed E-state index contributed by atoms with van der Waals surface area (Å²) in [6.07, 6.45) is 10.0. The summed E-state index contributed by atoms with van der Waals surface area (Å²) < 4.78 is 13.2. The Morgan fingerprint density at radius 3 is 2.38 bits per heavy atom. The van der Waals surface area contributed by atoms with Crippen molar-refractivity contribution in [3.63, 3.8) is 0 Å². The molecule has 4 aliphatic rings. The van der Waals surface area contributed by atoms with Gasteiger partial charge < -0.3 is 5.32 Å². The van der Waals surface area contributed by atoms with Crippen LogP contribution in [0.25, 0.3) is 11.3 Å². The molecule has 2 aromatic rings. The summed E-state index contributed by atoms with van der Waals surface area (Å²) in [6, 6.07) is 6.36. The number of thiazole rings is 1. The summed E-state index contributed by atoms with van der Waals surface area (Å²) in [6.45, 7) is 2.74. The Morgan fingerprint density at radius 1 is 1.14 bits per heavy atom. The highest BCUT2D eigenvalue weighted by Gasteiger charge is 2.50. The Labute approximate surface area is 176 Å². The molecule has 4 fully saturated rings. The second-order valence-electron chi connectivity index (χ2n) is 9.71. The largest absolute Gasteiger partial charge is 0.356 e. The third-order valence-electron chi connectivity index (χ3n) is 7.39. The molecule has 1 aromatic carbocycles. The molecule has 6 rings (SSSR count). The standard InChI is InChI=1S/C24H29FN2OS/c1-15-27-23(19-2-4-20(25)5-3-19)21(29-15)11-22(28)26-7-6-24-12-16-8-17(13-24)10-18(9-16)14-24/h2-5,16-18H,6-14H2,1H3,(H,26,28). The normalized spacial score (nSPS) is 29.9. The zero-order chi connectivity index (χ0) is 20.0. The van der Waals surface area contributed by atoms with E-state index >= 15 is 0 Å². The van der Waals surface area contributed by atoms with E-state index in [1.807, 2.05) is 6.92 Å². The molecule has 3 nitrogen and oxygen atoms in total. The van der Waals surface area contributed by atoms with Crippen molar-refractivity contribution in [2.75, 3.05) is 6.54 Å². The Hall–Kier alpha value is -1.75. The summed E-state index contributed by atoms with van der Waals surface area (Å²) in [5, 5.41) is 4.11. The maximum atomic E-state index is 13.2. The van der Waals surface area contributed by atoms with Gasteiger partial charge in [-0.25, -0.2) is 9.37 Å². The molecule has 0 saturated heterocycles. The fourth-order valence-corrected chi connectivity index (χ4v) is 7.65. The Morgan fingerprint density at radius 2 is 1.76 bits per heavy atom. The predicted molar refractivity (Wildman–Crippen MR) is 114 cm³/mol. The molecule has 0 aliphatic heterocycles. The van der Waals surface area contributed by atoms with Crippen molar-refractivity contribution < 1.29 is 9.18 Å². The average Bonchev–Trinajstić information content (AvgIpc) is 3.01. The van der Waals surface area contributed by atoms with Crippen LogP contribution in [0.15, 0.2) is 24.3 Å². The van der Waals surface area contributed by atoms with E-state index in [2.05, 4.69) is 10.3 Å². The highest BCUT2D eigenvalue weighted by atomic mass is 32.1. The van der Waals surface area contributed by atoms with E-state index in [-0.39, 0.29) is 11.7 Å². The molecule has 0 radical (unpaired) electrons. The molecule has 29 heavy (non-hydrogen) atoms. The van der Waals surface area contributed by atoms with Crippen LogP contribution in [0.2, 0.25) is 0 Å². The van der Waals surface area contributed by atoms with Crippen molar-refractivity contribution in [3.8, 4) is 11.3 Å². The number of carbonyl (C=O) groups is 1. The summed E-state index contributed by atoms with van der Waals surface area (Å²) in [5.41, 5.74) is 2.18. The highest BCUT2D eigenvalue weighted by Crippen LogP contribution is 2.61. The molecule has 4 saturated carbocycles. The SMILES string of the molecule is Cc1nc(-c2ccc(F)cc2)c(CC(=O)NCCC23CC4CC(CC(C4)C2)C3)s1. The molecule has 0 spiro atoms. The molecule has 4 bridgehead atoms. The van der Waals surface area contributed by atoms with Crippen LogP contribution in [0.5, 0.6) is 0 Å². The zero-order valence-corrected chi connectivity index (χ0v) is 17.9. The van der Waals surface area contributed by atoms with Crippen LogP contribution in [0.4, 0.5) is 4.39 Å². The summed E-state index contributed by atoms with van der Waals surface area (Å²) in [7, 11) is 0. The number of aryl methyl sites for hydroxylation is 1. The van der Waals surface area contributed by atoms with E-state index in [1.54, 1.807) is 23.5 Å².